The second kappa shape index (κ2) is 11.4. The Morgan fingerprint density at radius 1 is 0.970 bits per heavy atom. The van der Waals surface area contributed by atoms with E-state index in [1.807, 2.05) is 73.7 Å². The topological polar surface area (TPSA) is 55.8 Å². The highest BCUT2D eigenvalue weighted by Crippen LogP contribution is 2.40. The minimum atomic E-state index is -0.898. The third-order valence-corrected chi connectivity index (χ3v) is 6.99. The first kappa shape index (κ1) is 23.5. The highest BCUT2D eigenvalue weighted by atomic mass is 32.2. The molecule has 3 atom stereocenters. The van der Waals surface area contributed by atoms with Crippen molar-refractivity contribution >= 4 is 24.1 Å². The van der Waals surface area contributed by atoms with Crippen LogP contribution in [-0.4, -0.2) is 35.5 Å². The van der Waals surface area contributed by atoms with Crippen LogP contribution in [0.5, 0.6) is 0 Å². The molecule has 170 valence electrons. The molecule has 0 bridgehead atoms. The molecule has 0 aromatic heterocycles. The molecule has 0 amide bonds. The van der Waals surface area contributed by atoms with Gasteiger partial charge in [0, 0.05) is 10.5 Å². The molecule has 0 saturated carbocycles. The predicted molar refractivity (Wildman–Crippen MR) is 132 cm³/mol. The van der Waals surface area contributed by atoms with E-state index >= 15 is 0 Å². The number of benzene rings is 3. The van der Waals surface area contributed by atoms with Gasteiger partial charge in [-0.25, -0.2) is 0 Å². The Morgan fingerprint density at radius 3 is 2.30 bits per heavy atom. The van der Waals surface area contributed by atoms with E-state index in [2.05, 4.69) is 18.2 Å². The van der Waals surface area contributed by atoms with Gasteiger partial charge in [-0.05, 0) is 35.8 Å². The summed E-state index contributed by atoms with van der Waals surface area (Å²) in [6.45, 7) is 2.88. The minimum absolute atomic E-state index is 0.109. The normalized spacial score (nSPS) is 17.0. The van der Waals surface area contributed by atoms with Gasteiger partial charge in [0.15, 0.2) is 0 Å². The van der Waals surface area contributed by atoms with E-state index in [0.29, 0.717) is 18.8 Å². The smallest absolute Gasteiger partial charge is 0.147 e. The van der Waals surface area contributed by atoms with Crippen molar-refractivity contribution in [1.82, 2.24) is 0 Å². The Bertz CT molecular complexity index is 1080. The number of carbonyl (C=O) groups excluding carboxylic acids is 1. The average molecular weight is 461 g/mol. The van der Waals surface area contributed by atoms with Crippen LogP contribution >= 0.6 is 11.8 Å². The van der Waals surface area contributed by atoms with Crippen molar-refractivity contribution in [2.24, 2.45) is 0 Å². The fraction of sp³-hybridized carbons (Fsp3) is 0.250. The van der Waals surface area contributed by atoms with Crippen LogP contribution in [0.3, 0.4) is 0 Å². The summed E-state index contributed by atoms with van der Waals surface area (Å²) < 4.78 is 12.1. The number of hydrogen-bond donors (Lipinski definition) is 1. The Hall–Kier alpha value is -2.70. The second-order valence-electron chi connectivity index (χ2n) is 8.17. The highest BCUT2D eigenvalue weighted by Gasteiger charge is 2.35. The lowest BCUT2D eigenvalue weighted by atomic mass is 10.00. The molecule has 0 fully saturated rings. The highest BCUT2D eigenvalue weighted by molar-refractivity contribution is 8.00. The standard InChI is InChI=1S/C28H28O4S/c1-20-12-13-26-23(14-20)15-24(16-29)28(33-26)27(32-18-22-10-6-3-7-11-22)25(30)19-31-17-21-8-4-2-5-9-21/h2-16,25,27-28,30H,17-19H2,1H3. The van der Waals surface area contributed by atoms with Crippen molar-refractivity contribution < 1.29 is 19.4 Å². The average Bonchev–Trinajstić information content (AvgIpc) is 2.85. The van der Waals surface area contributed by atoms with Gasteiger partial charge in [0.1, 0.15) is 18.5 Å². The number of thioether (sulfide) groups is 1. The molecule has 1 aliphatic rings. The summed E-state index contributed by atoms with van der Waals surface area (Å²) in [6.07, 6.45) is 1.27. The molecule has 3 unspecified atom stereocenters. The molecule has 1 N–H and O–H groups in total. The Balaban J connectivity index is 1.52. The van der Waals surface area contributed by atoms with Gasteiger partial charge in [0.2, 0.25) is 0 Å². The third-order valence-electron chi connectivity index (χ3n) is 5.57. The molecule has 1 heterocycles. The largest absolute Gasteiger partial charge is 0.388 e. The van der Waals surface area contributed by atoms with Gasteiger partial charge in [0.05, 0.1) is 25.1 Å². The van der Waals surface area contributed by atoms with E-state index in [1.165, 1.54) is 0 Å². The molecular weight excluding hydrogens is 432 g/mol. The van der Waals surface area contributed by atoms with Crippen molar-refractivity contribution in [3.8, 4) is 0 Å². The first-order chi connectivity index (χ1) is 16.1. The van der Waals surface area contributed by atoms with E-state index in [1.54, 1.807) is 11.8 Å². The summed E-state index contributed by atoms with van der Waals surface area (Å²) >= 11 is 1.56. The van der Waals surface area contributed by atoms with E-state index in [0.717, 1.165) is 33.4 Å². The minimum Gasteiger partial charge on any atom is -0.388 e. The molecule has 0 aliphatic carbocycles. The van der Waals surface area contributed by atoms with Crippen LogP contribution in [0, 0.1) is 6.92 Å². The number of ether oxygens (including phenoxy) is 2. The van der Waals surface area contributed by atoms with Crippen molar-refractivity contribution in [2.75, 3.05) is 6.61 Å². The van der Waals surface area contributed by atoms with Crippen LogP contribution < -0.4 is 0 Å². The first-order valence-electron chi connectivity index (χ1n) is 11.0. The quantitative estimate of drug-likeness (QED) is 0.421. The van der Waals surface area contributed by atoms with Crippen molar-refractivity contribution in [2.45, 2.75) is 42.5 Å². The fourth-order valence-electron chi connectivity index (χ4n) is 3.85. The van der Waals surface area contributed by atoms with Gasteiger partial charge in [-0.3, -0.25) is 4.79 Å². The number of aliphatic hydroxyl groups is 1. The van der Waals surface area contributed by atoms with Gasteiger partial charge < -0.3 is 14.6 Å². The maximum Gasteiger partial charge on any atom is 0.147 e. The number of aryl methyl sites for hydroxylation is 1. The van der Waals surface area contributed by atoms with Crippen LogP contribution in [0.15, 0.2) is 89.3 Å². The number of carbonyl (C=O) groups is 1. The molecule has 0 radical (unpaired) electrons. The van der Waals surface area contributed by atoms with Crippen LogP contribution in [0.1, 0.15) is 22.3 Å². The molecule has 5 heteroatoms. The zero-order valence-corrected chi connectivity index (χ0v) is 19.4. The first-order valence-corrected chi connectivity index (χ1v) is 11.9. The molecule has 33 heavy (non-hydrogen) atoms. The summed E-state index contributed by atoms with van der Waals surface area (Å²) in [5.74, 6) is 0. The van der Waals surface area contributed by atoms with E-state index < -0.39 is 12.2 Å². The van der Waals surface area contributed by atoms with E-state index in [4.69, 9.17) is 9.47 Å². The maximum absolute atomic E-state index is 12.0. The predicted octanol–water partition coefficient (Wildman–Crippen LogP) is 5.21. The third kappa shape index (κ3) is 6.21. The van der Waals surface area contributed by atoms with Crippen LogP contribution in [0.2, 0.25) is 0 Å². The van der Waals surface area contributed by atoms with Crippen LogP contribution in [0.4, 0.5) is 0 Å². The SMILES string of the molecule is Cc1ccc2c(c1)C=C(C=O)C(C(OCc1ccccc1)C(O)COCc1ccccc1)S2. The van der Waals surface area contributed by atoms with Crippen molar-refractivity contribution in [3.63, 3.8) is 0 Å². The van der Waals surface area contributed by atoms with Gasteiger partial charge >= 0.3 is 0 Å². The Kier molecular flexibility index (Phi) is 8.13. The molecule has 3 aromatic rings. The molecule has 4 rings (SSSR count). The number of fused-ring (bicyclic) bond motifs is 1. The zero-order valence-electron chi connectivity index (χ0n) is 18.6. The van der Waals surface area contributed by atoms with Crippen molar-refractivity contribution in [1.29, 1.82) is 0 Å². The molecular formula is C28H28O4S. The van der Waals surface area contributed by atoms with Gasteiger partial charge in [-0.1, -0.05) is 78.4 Å². The van der Waals surface area contributed by atoms with Gasteiger partial charge in [0.25, 0.3) is 0 Å². The van der Waals surface area contributed by atoms with Gasteiger partial charge in [-0.15, -0.1) is 11.8 Å². The molecule has 0 spiro atoms. The molecule has 3 aromatic carbocycles. The van der Waals surface area contributed by atoms with E-state index in [-0.39, 0.29) is 11.9 Å². The summed E-state index contributed by atoms with van der Waals surface area (Å²) in [5.41, 5.74) is 4.82. The summed E-state index contributed by atoms with van der Waals surface area (Å²) in [7, 11) is 0. The monoisotopic (exact) mass is 460 g/mol. The second-order valence-corrected chi connectivity index (χ2v) is 9.35. The van der Waals surface area contributed by atoms with Crippen LogP contribution in [0.25, 0.3) is 6.08 Å². The lowest BCUT2D eigenvalue weighted by molar-refractivity contribution is -0.106. The zero-order chi connectivity index (χ0) is 23.0. The number of rotatable bonds is 10. The summed E-state index contributed by atoms with van der Waals surface area (Å²) in [6, 6.07) is 25.9. The van der Waals surface area contributed by atoms with Crippen molar-refractivity contribution in [3.05, 3.63) is 107 Å². The lowest BCUT2D eigenvalue weighted by Crippen LogP contribution is -2.42. The maximum atomic E-state index is 12.0. The van der Waals surface area contributed by atoms with E-state index in [9.17, 15) is 9.90 Å². The summed E-state index contributed by atoms with van der Waals surface area (Å²) in [4.78, 5) is 13.1. The molecule has 1 aliphatic heterocycles. The summed E-state index contributed by atoms with van der Waals surface area (Å²) in [5, 5.41) is 10.8. The Labute approximate surface area is 199 Å². The number of hydrogen-bond acceptors (Lipinski definition) is 5. The number of aldehydes is 1. The van der Waals surface area contributed by atoms with Crippen LogP contribution in [-0.2, 0) is 27.5 Å². The van der Waals surface area contributed by atoms with Gasteiger partial charge in [-0.2, -0.15) is 0 Å². The fourth-order valence-corrected chi connectivity index (χ4v) is 5.17. The lowest BCUT2D eigenvalue weighted by Gasteiger charge is -2.33. The number of aliphatic hydroxyl groups excluding tert-OH is 1. The Morgan fingerprint density at radius 2 is 1.64 bits per heavy atom. The molecule has 4 nitrogen and oxygen atoms in total. The molecule has 0 saturated heterocycles.